The Morgan fingerprint density at radius 3 is 2.59 bits per heavy atom. The lowest BCUT2D eigenvalue weighted by molar-refractivity contribution is -0.138. The molecule has 1 atom stereocenters. The normalized spacial score (nSPS) is 15.6. The molecule has 0 saturated carbocycles. The fourth-order valence-electron chi connectivity index (χ4n) is 3.70. The van der Waals surface area contributed by atoms with E-state index in [9.17, 15) is 14.4 Å². The van der Waals surface area contributed by atoms with Crippen molar-refractivity contribution in [3.8, 4) is 11.4 Å². The largest absolute Gasteiger partial charge is 0.497 e. The number of nitrogens with one attached hydrogen (secondary N) is 2. The Balaban J connectivity index is 1.79. The summed E-state index contributed by atoms with van der Waals surface area (Å²) >= 11 is 1.24. The van der Waals surface area contributed by atoms with Gasteiger partial charge in [0.05, 0.1) is 41.9 Å². The van der Waals surface area contributed by atoms with Crippen LogP contribution in [0, 0.1) is 0 Å². The molecule has 9 nitrogen and oxygen atoms in total. The minimum absolute atomic E-state index is 0.201. The Kier molecular flexibility index (Phi) is 6.87. The van der Waals surface area contributed by atoms with Crippen molar-refractivity contribution in [2.24, 2.45) is 0 Å². The molecule has 0 aliphatic carbocycles. The summed E-state index contributed by atoms with van der Waals surface area (Å²) < 4.78 is 11.9. The van der Waals surface area contributed by atoms with Crippen molar-refractivity contribution in [3.05, 3.63) is 70.2 Å². The monoisotopic (exact) mass is 480 g/mol. The fourth-order valence-corrected chi connectivity index (χ4v) is 4.68. The Morgan fingerprint density at radius 2 is 1.88 bits per heavy atom. The van der Waals surface area contributed by atoms with Gasteiger partial charge < -0.3 is 20.1 Å². The number of urea groups is 1. The number of aromatic nitrogens is 2. The Labute approximate surface area is 200 Å². The highest BCUT2D eigenvalue weighted by molar-refractivity contribution is 7.99. The van der Waals surface area contributed by atoms with Gasteiger partial charge in [-0.15, -0.1) is 0 Å². The van der Waals surface area contributed by atoms with Crippen molar-refractivity contribution in [1.82, 2.24) is 20.2 Å². The number of ether oxygens (including phenoxy) is 2. The second-order valence-electron chi connectivity index (χ2n) is 7.47. The number of hydrogen-bond acceptors (Lipinski definition) is 7. The van der Waals surface area contributed by atoms with E-state index >= 15 is 0 Å². The number of amides is 2. The zero-order valence-corrected chi connectivity index (χ0v) is 19.8. The van der Waals surface area contributed by atoms with Gasteiger partial charge in [0.15, 0.2) is 5.16 Å². The molecular formula is C24H24N4O5S. The number of fused-ring (bicyclic) bond motifs is 1. The van der Waals surface area contributed by atoms with Crippen LogP contribution in [0.15, 0.2) is 69.8 Å². The summed E-state index contributed by atoms with van der Waals surface area (Å²) in [7, 11) is 1.57. The van der Waals surface area contributed by atoms with E-state index in [0.717, 1.165) is 0 Å². The quantitative estimate of drug-likeness (QED) is 0.304. The van der Waals surface area contributed by atoms with E-state index in [-0.39, 0.29) is 17.9 Å². The van der Waals surface area contributed by atoms with Gasteiger partial charge in [0.1, 0.15) is 5.75 Å². The minimum Gasteiger partial charge on any atom is -0.497 e. The molecule has 0 spiro atoms. The molecule has 1 aromatic heterocycles. The molecule has 3 aromatic rings. The number of rotatable bonds is 7. The number of esters is 1. The lowest BCUT2D eigenvalue weighted by Gasteiger charge is -2.26. The number of nitrogens with zero attached hydrogens (tertiary/aromatic N) is 2. The Hall–Kier alpha value is -3.79. The first-order valence-electron chi connectivity index (χ1n) is 10.7. The minimum atomic E-state index is -0.517. The highest BCUT2D eigenvalue weighted by Gasteiger charge is 2.30. The SMILES string of the molecule is CCOC(=O)C1=C(CSc2nc3ccccc3c(=O)n2-c2ccc(OC)cc2)NC(=O)NC1C. The highest BCUT2D eigenvalue weighted by Crippen LogP contribution is 2.26. The summed E-state index contributed by atoms with van der Waals surface area (Å²) in [5.41, 5.74) is 1.72. The first-order valence-corrected chi connectivity index (χ1v) is 11.7. The lowest BCUT2D eigenvalue weighted by Crippen LogP contribution is -2.49. The summed E-state index contributed by atoms with van der Waals surface area (Å²) in [6.07, 6.45) is 0. The maximum atomic E-state index is 13.4. The molecule has 2 amide bonds. The van der Waals surface area contributed by atoms with Gasteiger partial charge in [-0.3, -0.25) is 9.36 Å². The number of hydrogen-bond donors (Lipinski definition) is 2. The van der Waals surface area contributed by atoms with Crippen LogP contribution in [0.1, 0.15) is 13.8 Å². The van der Waals surface area contributed by atoms with Crippen molar-refractivity contribution >= 4 is 34.7 Å². The average Bonchev–Trinajstić information content (AvgIpc) is 2.82. The maximum Gasteiger partial charge on any atom is 0.337 e. The van der Waals surface area contributed by atoms with E-state index in [1.54, 1.807) is 63.4 Å². The van der Waals surface area contributed by atoms with E-state index in [2.05, 4.69) is 10.6 Å². The standard InChI is InChI=1S/C24H24N4O5S/c1-4-33-22(30)20-14(2)25-23(31)26-19(20)13-34-24-27-18-8-6-5-7-17(18)21(29)28(24)15-9-11-16(32-3)12-10-15/h5-12,14H,4,13H2,1-3H3,(H2,25,26,31). The Bertz CT molecular complexity index is 1330. The third-order valence-electron chi connectivity index (χ3n) is 5.29. The molecule has 0 saturated heterocycles. The molecular weight excluding hydrogens is 456 g/mol. The number of benzene rings is 2. The van der Waals surface area contributed by atoms with Crippen LogP contribution in [0.4, 0.5) is 4.79 Å². The second-order valence-corrected chi connectivity index (χ2v) is 8.41. The van der Waals surface area contributed by atoms with Gasteiger partial charge in [-0.1, -0.05) is 23.9 Å². The molecule has 2 heterocycles. The van der Waals surface area contributed by atoms with Gasteiger partial charge in [-0.25, -0.2) is 14.6 Å². The van der Waals surface area contributed by atoms with Crippen LogP contribution in [0.3, 0.4) is 0 Å². The van der Waals surface area contributed by atoms with E-state index in [0.29, 0.717) is 38.8 Å². The van der Waals surface area contributed by atoms with Crippen molar-refractivity contribution in [2.75, 3.05) is 19.5 Å². The van der Waals surface area contributed by atoms with Crippen molar-refractivity contribution in [1.29, 1.82) is 0 Å². The number of thioether (sulfide) groups is 1. The number of carbonyl (C=O) groups excluding carboxylic acids is 2. The number of para-hydroxylation sites is 1. The van der Waals surface area contributed by atoms with Crippen LogP contribution in [-0.2, 0) is 9.53 Å². The summed E-state index contributed by atoms with van der Waals surface area (Å²) in [5.74, 6) is 0.361. The van der Waals surface area contributed by atoms with Crippen molar-refractivity contribution in [3.63, 3.8) is 0 Å². The molecule has 2 aromatic carbocycles. The smallest absolute Gasteiger partial charge is 0.337 e. The van der Waals surface area contributed by atoms with E-state index in [1.165, 1.54) is 16.3 Å². The van der Waals surface area contributed by atoms with Gasteiger partial charge in [0, 0.05) is 11.4 Å². The van der Waals surface area contributed by atoms with Crippen LogP contribution < -0.4 is 20.9 Å². The van der Waals surface area contributed by atoms with Gasteiger partial charge in [0.25, 0.3) is 5.56 Å². The third kappa shape index (κ3) is 4.62. The number of carbonyl (C=O) groups is 2. The highest BCUT2D eigenvalue weighted by atomic mass is 32.2. The van der Waals surface area contributed by atoms with Gasteiger partial charge in [-0.2, -0.15) is 0 Å². The zero-order chi connectivity index (χ0) is 24.2. The molecule has 10 heteroatoms. The lowest BCUT2D eigenvalue weighted by atomic mass is 10.1. The van der Waals surface area contributed by atoms with E-state index < -0.39 is 18.0 Å². The van der Waals surface area contributed by atoms with E-state index in [4.69, 9.17) is 14.5 Å². The Morgan fingerprint density at radius 1 is 1.15 bits per heavy atom. The van der Waals surface area contributed by atoms with Gasteiger partial charge >= 0.3 is 12.0 Å². The van der Waals surface area contributed by atoms with Gasteiger partial charge in [0.2, 0.25) is 0 Å². The molecule has 0 radical (unpaired) electrons. The molecule has 34 heavy (non-hydrogen) atoms. The van der Waals surface area contributed by atoms with Crippen LogP contribution in [0.5, 0.6) is 5.75 Å². The van der Waals surface area contributed by atoms with Crippen LogP contribution in [0.2, 0.25) is 0 Å². The van der Waals surface area contributed by atoms with Crippen LogP contribution >= 0.6 is 11.8 Å². The van der Waals surface area contributed by atoms with Crippen molar-refractivity contribution in [2.45, 2.75) is 25.0 Å². The predicted octanol–water partition coefficient (Wildman–Crippen LogP) is 3.00. The molecule has 4 rings (SSSR count). The molecule has 0 fully saturated rings. The van der Waals surface area contributed by atoms with Crippen LogP contribution in [-0.4, -0.2) is 47.1 Å². The summed E-state index contributed by atoms with van der Waals surface area (Å²) in [6, 6.07) is 13.3. The van der Waals surface area contributed by atoms with Crippen LogP contribution in [0.25, 0.3) is 16.6 Å². The average molecular weight is 481 g/mol. The zero-order valence-electron chi connectivity index (χ0n) is 19.0. The summed E-state index contributed by atoms with van der Waals surface area (Å²) in [4.78, 5) is 42.8. The summed E-state index contributed by atoms with van der Waals surface area (Å²) in [5, 5.41) is 6.29. The molecule has 176 valence electrons. The molecule has 2 N–H and O–H groups in total. The molecule has 1 aliphatic rings. The van der Waals surface area contributed by atoms with Gasteiger partial charge in [-0.05, 0) is 50.2 Å². The first-order chi connectivity index (χ1) is 16.4. The van der Waals surface area contributed by atoms with Crippen molar-refractivity contribution < 1.29 is 19.1 Å². The third-order valence-corrected chi connectivity index (χ3v) is 6.25. The molecule has 1 unspecified atom stereocenters. The first kappa shape index (κ1) is 23.4. The molecule has 1 aliphatic heterocycles. The fraction of sp³-hybridized carbons (Fsp3) is 0.250. The second kappa shape index (κ2) is 10.0. The number of methoxy groups -OCH3 is 1. The summed E-state index contributed by atoms with van der Waals surface area (Å²) in [6.45, 7) is 3.66. The maximum absolute atomic E-state index is 13.4. The topological polar surface area (TPSA) is 112 Å². The van der Waals surface area contributed by atoms with E-state index in [1.807, 2.05) is 6.07 Å². The predicted molar refractivity (Wildman–Crippen MR) is 129 cm³/mol. The molecule has 0 bridgehead atoms.